The predicted molar refractivity (Wildman–Crippen MR) is 151 cm³/mol. The Morgan fingerprint density at radius 2 is 1.80 bits per heavy atom. The lowest BCUT2D eigenvalue weighted by atomic mass is 9.83. The molecule has 0 aromatic heterocycles. The van der Waals surface area contributed by atoms with Gasteiger partial charge in [0.05, 0.1) is 0 Å². The molecule has 0 heterocycles. The summed E-state index contributed by atoms with van der Waals surface area (Å²) in [5, 5.41) is 0.189. The summed E-state index contributed by atoms with van der Waals surface area (Å²) in [6, 6.07) is 10.8. The minimum atomic E-state index is -1.87. The third-order valence-electron chi connectivity index (χ3n) is 8.32. The van der Waals surface area contributed by atoms with E-state index in [0.29, 0.717) is 30.6 Å². The van der Waals surface area contributed by atoms with Crippen molar-refractivity contribution in [2.75, 3.05) is 0 Å². The van der Waals surface area contributed by atoms with Gasteiger partial charge in [-0.25, -0.2) is 0 Å². The second-order valence-corrected chi connectivity index (χ2v) is 16.8. The van der Waals surface area contributed by atoms with Gasteiger partial charge in [-0.15, -0.1) is 13.2 Å². The normalized spacial score (nSPS) is 23.6. The molecule has 196 valence electrons. The highest BCUT2D eigenvalue weighted by molar-refractivity contribution is 6.74. The van der Waals surface area contributed by atoms with Crippen LogP contribution in [-0.2, 0) is 20.4 Å². The zero-order valence-electron chi connectivity index (χ0n) is 23.2. The highest BCUT2D eigenvalue weighted by Gasteiger charge is 2.43. The molecule has 1 aliphatic carbocycles. The fourth-order valence-electron chi connectivity index (χ4n) is 5.22. The average molecular weight is 499 g/mol. The Balaban J connectivity index is 2.10. The smallest absolute Gasteiger partial charge is 0.306 e. The van der Waals surface area contributed by atoms with E-state index >= 15 is 0 Å². The van der Waals surface area contributed by atoms with Crippen LogP contribution in [0.25, 0.3) is 0 Å². The molecule has 0 radical (unpaired) electrons. The Kier molecular flexibility index (Phi) is 11.5. The number of ether oxygens (including phenoxy) is 1. The number of rotatable bonds is 14. The van der Waals surface area contributed by atoms with Crippen molar-refractivity contribution >= 4 is 14.3 Å². The number of hydrogen-bond acceptors (Lipinski definition) is 3. The molecule has 0 aliphatic heterocycles. The van der Waals surface area contributed by atoms with E-state index in [4.69, 9.17) is 9.16 Å². The summed E-state index contributed by atoms with van der Waals surface area (Å²) < 4.78 is 12.9. The minimum absolute atomic E-state index is 0.00519. The quantitative estimate of drug-likeness (QED) is 0.146. The van der Waals surface area contributed by atoms with Crippen LogP contribution in [0.1, 0.15) is 78.2 Å². The number of aryl methyl sites for hydroxylation is 1. The van der Waals surface area contributed by atoms with Crippen LogP contribution in [0.2, 0.25) is 18.1 Å². The summed E-state index contributed by atoms with van der Waals surface area (Å²) in [6.07, 6.45) is 11.2. The SMILES string of the molecule is C=CCCC(=O)O[C@H]1C[C@@H](C)[C@H](CC[C@H](CCc2ccccc2)O[Si](C)(C)C(C)(C)C)[C@H]1CC=C. The summed E-state index contributed by atoms with van der Waals surface area (Å²) in [5.74, 6) is 1.30. The van der Waals surface area contributed by atoms with E-state index in [1.165, 1.54) is 5.56 Å². The molecule has 0 unspecified atom stereocenters. The van der Waals surface area contributed by atoms with Gasteiger partial charge in [0.15, 0.2) is 8.32 Å². The second kappa shape index (κ2) is 13.6. The van der Waals surface area contributed by atoms with Crippen LogP contribution in [0.15, 0.2) is 55.6 Å². The molecule has 2 rings (SSSR count). The largest absolute Gasteiger partial charge is 0.462 e. The summed E-state index contributed by atoms with van der Waals surface area (Å²) >= 11 is 0. The van der Waals surface area contributed by atoms with Crippen molar-refractivity contribution in [1.82, 2.24) is 0 Å². The third kappa shape index (κ3) is 9.06. The van der Waals surface area contributed by atoms with Gasteiger partial charge in [-0.3, -0.25) is 4.79 Å². The van der Waals surface area contributed by atoms with Crippen LogP contribution in [0.5, 0.6) is 0 Å². The Bertz CT molecular complexity index is 795. The maximum atomic E-state index is 12.3. The molecule has 0 amide bonds. The monoisotopic (exact) mass is 498 g/mol. The minimum Gasteiger partial charge on any atom is -0.462 e. The van der Waals surface area contributed by atoms with Crippen LogP contribution in [0.3, 0.4) is 0 Å². The number of esters is 1. The summed E-state index contributed by atoms with van der Waals surface area (Å²) in [5.41, 5.74) is 1.38. The van der Waals surface area contributed by atoms with Gasteiger partial charge in [-0.05, 0) is 80.5 Å². The first-order valence-corrected chi connectivity index (χ1v) is 16.5. The number of carbonyl (C=O) groups is 1. The first kappa shape index (κ1) is 29.6. The van der Waals surface area contributed by atoms with E-state index in [2.05, 4.69) is 84.3 Å². The molecular weight excluding hydrogens is 448 g/mol. The van der Waals surface area contributed by atoms with Crippen molar-refractivity contribution in [3.8, 4) is 0 Å². The summed E-state index contributed by atoms with van der Waals surface area (Å²) in [4.78, 5) is 12.3. The first-order valence-electron chi connectivity index (χ1n) is 13.6. The van der Waals surface area contributed by atoms with E-state index in [1.54, 1.807) is 6.08 Å². The molecule has 0 spiro atoms. The number of carbonyl (C=O) groups excluding carboxylic acids is 1. The standard InChI is InChI=1S/C31H50O3Si/c1-9-11-18-30(32)33-29-23-24(3)27(28(29)15-10-2)22-21-26(34-35(7,8)31(4,5)6)20-19-25-16-13-12-14-17-25/h9-10,12-14,16-17,24,26-29H,1-2,11,15,18-23H2,3-8H3/t24-,26+,27+,28-,29+/m1/s1. The highest BCUT2D eigenvalue weighted by atomic mass is 28.4. The van der Waals surface area contributed by atoms with Gasteiger partial charge >= 0.3 is 5.97 Å². The summed E-state index contributed by atoms with van der Waals surface area (Å²) in [7, 11) is -1.87. The maximum absolute atomic E-state index is 12.3. The molecule has 5 atom stereocenters. The predicted octanol–water partition coefficient (Wildman–Crippen LogP) is 8.52. The maximum Gasteiger partial charge on any atom is 0.306 e. The van der Waals surface area contributed by atoms with Crippen molar-refractivity contribution in [2.45, 2.75) is 109 Å². The van der Waals surface area contributed by atoms with Gasteiger partial charge in [-0.1, -0.05) is 70.2 Å². The van der Waals surface area contributed by atoms with E-state index < -0.39 is 8.32 Å². The zero-order chi connectivity index (χ0) is 26.1. The number of hydrogen-bond donors (Lipinski definition) is 0. The van der Waals surface area contributed by atoms with Crippen molar-refractivity contribution < 1.29 is 14.0 Å². The van der Waals surface area contributed by atoms with Gasteiger partial charge < -0.3 is 9.16 Å². The lowest BCUT2D eigenvalue weighted by Gasteiger charge is -2.40. The Morgan fingerprint density at radius 1 is 1.11 bits per heavy atom. The van der Waals surface area contributed by atoms with Gasteiger partial charge in [0.25, 0.3) is 0 Å². The van der Waals surface area contributed by atoms with Crippen molar-refractivity contribution in [1.29, 1.82) is 0 Å². The van der Waals surface area contributed by atoms with Crippen molar-refractivity contribution in [3.05, 3.63) is 61.2 Å². The Labute approximate surface area is 216 Å². The van der Waals surface area contributed by atoms with Crippen LogP contribution in [0.4, 0.5) is 0 Å². The molecule has 0 saturated heterocycles. The molecule has 3 nitrogen and oxygen atoms in total. The van der Waals surface area contributed by atoms with Crippen LogP contribution in [0, 0.1) is 17.8 Å². The third-order valence-corrected chi connectivity index (χ3v) is 12.9. The van der Waals surface area contributed by atoms with Crippen LogP contribution in [-0.4, -0.2) is 26.5 Å². The highest BCUT2D eigenvalue weighted by Crippen LogP contribution is 2.45. The van der Waals surface area contributed by atoms with Crippen molar-refractivity contribution in [3.63, 3.8) is 0 Å². The molecule has 0 bridgehead atoms. The number of allylic oxidation sites excluding steroid dienone is 2. The fourth-order valence-corrected chi connectivity index (χ4v) is 6.64. The molecule has 1 aromatic carbocycles. The van der Waals surface area contributed by atoms with E-state index in [1.807, 2.05) is 6.08 Å². The molecule has 1 fully saturated rings. The van der Waals surface area contributed by atoms with Gasteiger partial charge in [0.2, 0.25) is 0 Å². The summed E-state index contributed by atoms with van der Waals surface area (Å²) in [6.45, 7) is 21.7. The zero-order valence-corrected chi connectivity index (χ0v) is 24.2. The average Bonchev–Trinajstić information content (AvgIpc) is 3.08. The lowest BCUT2D eigenvalue weighted by Crippen LogP contribution is -2.44. The van der Waals surface area contributed by atoms with Gasteiger partial charge in [0.1, 0.15) is 6.10 Å². The Hall–Kier alpha value is -1.65. The topological polar surface area (TPSA) is 35.5 Å². The molecule has 0 N–H and O–H groups in total. The van der Waals surface area contributed by atoms with Crippen molar-refractivity contribution in [2.24, 2.45) is 17.8 Å². The Morgan fingerprint density at radius 3 is 2.40 bits per heavy atom. The molecule has 1 aromatic rings. The molecule has 1 aliphatic rings. The van der Waals surface area contributed by atoms with Crippen LogP contribution < -0.4 is 0 Å². The van der Waals surface area contributed by atoms with E-state index in [0.717, 1.165) is 38.5 Å². The molecule has 35 heavy (non-hydrogen) atoms. The lowest BCUT2D eigenvalue weighted by molar-refractivity contribution is -0.151. The fraction of sp³-hybridized carbons (Fsp3) is 0.645. The van der Waals surface area contributed by atoms with Gasteiger partial charge in [-0.2, -0.15) is 0 Å². The molecular formula is C31H50O3Si. The van der Waals surface area contributed by atoms with E-state index in [9.17, 15) is 4.79 Å². The number of benzene rings is 1. The molecule has 1 saturated carbocycles. The second-order valence-electron chi connectivity index (χ2n) is 12.0. The van der Waals surface area contributed by atoms with Crippen LogP contribution >= 0.6 is 0 Å². The first-order chi connectivity index (χ1) is 16.5. The molecule has 4 heteroatoms. The van der Waals surface area contributed by atoms with E-state index in [-0.39, 0.29) is 23.2 Å². The van der Waals surface area contributed by atoms with Gasteiger partial charge in [0, 0.05) is 18.4 Å².